The van der Waals surface area contributed by atoms with E-state index in [2.05, 4.69) is 61.3 Å². The average Bonchev–Trinajstić information content (AvgIpc) is 2.43. The Hall–Kier alpha value is -1.60. The maximum absolute atomic E-state index is 4.14. The summed E-state index contributed by atoms with van der Waals surface area (Å²) < 4.78 is 0. The van der Waals surface area contributed by atoms with Crippen LogP contribution in [0, 0.1) is 0 Å². The highest BCUT2D eigenvalue weighted by Crippen LogP contribution is 2.18. The Balaban J connectivity index is 2.23. The van der Waals surface area contributed by atoms with Gasteiger partial charge in [-0.1, -0.05) is 61.5 Å². The summed E-state index contributed by atoms with van der Waals surface area (Å²) in [7, 11) is 2.01. The van der Waals surface area contributed by atoms with Crippen LogP contribution in [0.15, 0.2) is 54.6 Å². The van der Waals surface area contributed by atoms with E-state index in [1.165, 1.54) is 21.9 Å². The van der Waals surface area contributed by atoms with E-state index in [9.17, 15) is 0 Å². The first-order chi connectivity index (χ1) is 8.74. The molecule has 18 heavy (non-hydrogen) atoms. The second-order valence-electron chi connectivity index (χ2n) is 4.74. The highest BCUT2D eigenvalue weighted by molar-refractivity contribution is 5.83. The molecule has 94 valence electrons. The van der Waals surface area contributed by atoms with Crippen LogP contribution in [-0.4, -0.2) is 13.1 Å². The Kier molecular flexibility index (Phi) is 4.16. The Morgan fingerprint density at radius 2 is 1.89 bits per heavy atom. The van der Waals surface area contributed by atoms with E-state index in [0.717, 1.165) is 12.8 Å². The molecule has 0 heterocycles. The summed E-state index contributed by atoms with van der Waals surface area (Å²) in [6, 6.07) is 15.6. The molecule has 0 fully saturated rings. The van der Waals surface area contributed by atoms with Crippen LogP contribution in [0.5, 0.6) is 0 Å². The van der Waals surface area contributed by atoms with E-state index in [1.807, 2.05) is 7.05 Å². The van der Waals surface area contributed by atoms with Crippen LogP contribution in [0.2, 0.25) is 0 Å². The molecule has 1 nitrogen and oxygen atoms in total. The molecule has 0 saturated heterocycles. The largest absolute Gasteiger partial charge is 0.313 e. The molecule has 1 unspecified atom stereocenters. The molecule has 0 aliphatic heterocycles. The van der Waals surface area contributed by atoms with Gasteiger partial charge in [0.1, 0.15) is 0 Å². The molecule has 1 atom stereocenters. The van der Waals surface area contributed by atoms with Gasteiger partial charge in [0.05, 0.1) is 0 Å². The SMILES string of the molecule is C=C(CC)C(Cc1ccc2ccccc2c1)NC. The molecule has 0 saturated carbocycles. The first-order valence-electron chi connectivity index (χ1n) is 6.57. The molecule has 1 heteroatoms. The molecule has 0 bridgehead atoms. The molecule has 0 radical (unpaired) electrons. The lowest BCUT2D eigenvalue weighted by atomic mass is 9.97. The molecule has 2 aromatic carbocycles. The summed E-state index contributed by atoms with van der Waals surface area (Å²) in [6.07, 6.45) is 2.03. The number of hydrogen-bond acceptors (Lipinski definition) is 1. The molecule has 0 amide bonds. The second kappa shape index (κ2) is 5.83. The summed E-state index contributed by atoms with van der Waals surface area (Å²) >= 11 is 0. The highest BCUT2D eigenvalue weighted by atomic mass is 14.9. The molecule has 2 rings (SSSR count). The summed E-state index contributed by atoms with van der Waals surface area (Å²) in [5.41, 5.74) is 2.63. The molecule has 2 aromatic rings. The summed E-state index contributed by atoms with van der Waals surface area (Å²) in [4.78, 5) is 0. The number of fused-ring (bicyclic) bond motifs is 1. The lowest BCUT2D eigenvalue weighted by molar-refractivity contribution is 0.618. The fourth-order valence-corrected chi connectivity index (χ4v) is 2.30. The lowest BCUT2D eigenvalue weighted by Gasteiger charge is -2.18. The van der Waals surface area contributed by atoms with Crippen LogP contribution < -0.4 is 5.32 Å². The van der Waals surface area contributed by atoms with Crippen molar-refractivity contribution < 1.29 is 0 Å². The molecular weight excluding hydrogens is 218 g/mol. The van der Waals surface area contributed by atoms with Crippen molar-refractivity contribution in [3.8, 4) is 0 Å². The molecular formula is C17H21N. The van der Waals surface area contributed by atoms with Crippen LogP contribution >= 0.6 is 0 Å². The topological polar surface area (TPSA) is 12.0 Å². The van der Waals surface area contributed by atoms with Gasteiger partial charge in [-0.15, -0.1) is 0 Å². The minimum Gasteiger partial charge on any atom is -0.313 e. The smallest absolute Gasteiger partial charge is 0.0314 e. The molecule has 0 spiro atoms. The van der Waals surface area contributed by atoms with Crippen LogP contribution in [0.3, 0.4) is 0 Å². The van der Waals surface area contributed by atoms with Gasteiger partial charge >= 0.3 is 0 Å². The zero-order chi connectivity index (χ0) is 13.0. The first-order valence-corrected chi connectivity index (χ1v) is 6.57. The maximum Gasteiger partial charge on any atom is 0.0314 e. The van der Waals surface area contributed by atoms with Crippen molar-refractivity contribution in [2.45, 2.75) is 25.8 Å². The Labute approximate surface area is 110 Å². The summed E-state index contributed by atoms with van der Waals surface area (Å²) in [5, 5.41) is 5.96. The zero-order valence-electron chi connectivity index (χ0n) is 11.2. The minimum atomic E-state index is 0.371. The predicted octanol–water partition coefficient (Wildman–Crippen LogP) is 3.94. The highest BCUT2D eigenvalue weighted by Gasteiger charge is 2.09. The molecule has 1 N–H and O–H groups in total. The number of likely N-dealkylation sites (N-methyl/N-ethyl adjacent to an activating group) is 1. The van der Waals surface area contributed by atoms with Crippen LogP contribution in [0.25, 0.3) is 10.8 Å². The second-order valence-corrected chi connectivity index (χ2v) is 4.74. The van der Waals surface area contributed by atoms with Gasteiger partial charge in [0.15, 0.2) is 0 Å². The first kappa shape index (κ1) is 12.8. The van der Waals surface area contributed by atoms with Crippen molar-refractivity contribution in [3.05, 3.63) is 60.2 Å². The molecule has 0 aliphatic rings. The number of benzene rings is 2. The number of nitrogens with one attached hydrogen (secondary N) is 1. The van der Waals surface area contributed by atoms with Crippen molar-refractivity contribution in [1.82, 2.24) is 5.32 Å². The van der Waals surface area contributed by atoms with Crippen molar-refractivity contribution in [1.29, 1.82) is 0 Å². The van der Waals surface area contributed by atoms with Crippen molar-refractivity contribution in [2.24, 2.45) is 0 Å². The van der Waals surface area contributed by atoms with E-state index in [-0.39, 0.29) is 0 Å². The van der Waals surface area contributed by atoms with Gasteiger partial charge in [-0.3, -0.25) is 0 Å². The van der Waals surface area contributed by atoms with Crippen molar-refractivity contribution >= 4 is 10.8 Å². The Morgan fingerprint density at radius 1 is 1.17 bits per heavy atom. The normalized spacial score (nSPS) is 12.6. The van der Waals surface area contributed by atoms with Crippen LogP contribution in [0.1, 0.15) is 18.9 Å². The van der Waals surface area contributed by atoms with Crippen LogP contribution in [0.4, 0.5) is 0 Å². The number of hydrogen-bond donors (Lipinski definition) is 1. The predicted molar refractivity (Wildman–Crippen MR) is 79.9 cm³/mol. The Morgan fingerprint density at radius 3 is 2.56 bits per heavy atom. The van der Waals surface area contributed by atoms with Gasteiger partial charge in [0.25, 0.3) is 0 Å². The van der Waals surface area contributed by atoms with Gasteiger partial charge in [-0.2, -0.15) is 0 Å². The van der Waals surface area contributed by atoms with E-state index in [4.69, 9.17) is 0 Å². The van der Waals surface area contributed by atoms with Gasteiger partial charge < -0.3 is 5.32 Å². The Bertz CT molecular complexity index is 542. The van der Waals surface area contributed by atoms with Crippen molar-refractivity contribution in [3.63, 3.8) is 0 Å². The van der Waals surface area contributed by atoms with E-state index >= 15 is 0 Å². The average molecular weight is 239 g/mol. The van der Waals surface area contributed by atoms with Gasteiger partial charge in [-0.05, 0) is 36.2 Å². The third kappa shape index (κ3) is 2.80. The van der Waals surface area contributed by atoms with Crippen LogP contribution in [-0.2, 0) is 6.42 Å². The van der Waals surface area contributed by atoms with Gasteiger partial charge in [0.2, 0.25) is 0 Å². The zero-order valence-corrected chi connectivity index (χ0v) is 11.2. The number of rotatable bonds is 5. The fourth-order valence-electron chi connectivity index (χ4n) is 2.30. The maximum atomic E-state index is 4.14. The monoisotopic (exact) mass is 239 g/mol. The summed E-state index contributed by atoms with van der Waals surface area (Å²) in [5.74, 6) is 0. The van der Waals surface area contributed by atoms with E-state index in [1.54, 1.807) is 0 Å². The summed E-state index contributed by atoms with van der Waals surface area (Å²) in [6.45, 7) is 6.30. The third-order valence-corrected chi connectivity index (χ3v) is 3.55. The van der Waals surface area contributed by atoms with Crippen molar-refractivity contribution in [2.75, 3.05) is 7.05 Å². The fraction of sp³-hybridized carbons (Fsp3) is 0.294. The molecule has 0 aliphatic carbocycles. The lowest BCUT2D eigenvalue weighted by Crippen LogP contribution is -2.29. The quantitative estimate of drug-likeness (QED) is 0.779. The van der Waals surface area contributed by atoms with Gasteiger partial charge in [0, 0.05) is 6.04 Å². The van der Waals surface area contributed by atoms with Gasteiger partial charge in [-0.25, -0.2) is 0 Å². The molecule has 0 aromatic heterocycles. The van der Waals surface area contributed by atoms with E-state index < -0.39 is 0 Å². The van der Waals surface area contributed by atoms with E-state index in [0.29, 0.717) is 6.04 Å². The minimum absolute atomic E-state index is 0.371. The standard InChI is InChI=1S/C17H21N/c1-4-13(2)17(18-3)12-14-9-10-15-7-5-6-8-16(15)11-14/h5-11,17-18H,2,4,12H2,1,3H3. The third-order valence-electron chi connectivity index (χ3n) is 3.55.